The normalized spacial score (nSPS) is 22.9. The van der Waals surface area contributed by atoms with Crippen molar-refractivity contribution in [2.45, 2.75) is 23.5 Å². The highest BCUT2D eigenvalue weighted by Gasteiger charge is 2.51. The molecule has 1 N–H and O–H groups in total. The molecule has 140 valence electrons. The first kappa shape index (κ1) is 17.4. The van der Waals surface area contributed by atoms with Crippen LogP contribution < -0.4 is 5.32 Å². The van der Waals surface area contributed by atoms with Gasteiger partial charge in [0, 0.05) is 45.3 Å². The van der Waals surface area contributed by atoms with E-state index in [0.29, 0.717) is 31.6 Å². The second kappa shape index (κ2) is 6.60. The zero-order chi connectivity index (χ0) is 18.2. The second-order valence-electron chi connectivity index (χ2n) is 7.00. The molecule has 0 aromatic carbocycles. The molecule has 2 fully saturated rings. The molecule has 4 rings (SSSR count). The zero-order valence-corrected chi connectivity index (χ0v) is 15.4. The highest BCUT2D eigenvalue weighted by molar-refractivity contribution is 7.89. The van der Waals surface area contributed by atoms with Gasteiger partial charge in [-0.1, -0.05) is 0 Å². The molecule has 0 unspecified atom stereocenters. The van der Waals surface area contributed by atoms with Crippen LogP contribution in [0.2, 0.25) is 0 Å². The average molecular weight is 378 g/mol. The molecule has 2 aliphatic heterocycles. The Kier molecular flexibility index (Phi) is 4.41. The van der Waals surface area contributed by atoms with Crippen LogP contribution >= 0.6 is 0 Å². The molecule has 1 spiro atoms. The Morgan fingerprint density at radius 3 is 2.69 bits per heavy atom. The summed E-state index contributed by atoms with van der Waals surface area (Å²) in [4.78, 5) is 12.2. The van der Waals surface area contributed by atoms with Gasteiger partial charge < -0.3 is 14.6 Å². The van der Waals surface area contributed by atoms with Crippen molar-refractivity contribution in [3.63, 3.8) is 0 Å². The van der Waals surface area contributed by atoms with Crippen LogP contribution in [0.25, 0.3) is 0 Å². The summed E-state index contributed by atoms with van der Waals surface area (Å²) in [5.41, 5.74) is -0.346. The fourth-order valence-electron chi connectivity index (χ4n) is 3.37. The number of ether oxygens (including phenoxy) is 1. The number of rotatable bonds is 5. The van der Waals surface area contributed by atoms with E-state index >= 15 is 0 Å². The van der Waals surface area contributed by atoms with Crippen LogP contribution in [0, 0.1) is 5.92 Å². The Morgan fingerprint density at radius 2 is 2.08 bits per heavy atom. The number of hydrogen-bond acceptors (Lipinski definition) is 7. The minimum atomic E-state index is -3.52. The maximum absolute atomic E-state index is 12.5. The summed E-state index contributed by atoms with van der Waals surface area (Å²) in [6.45, 7) is 2.15. The number of imidazole rings is 1. The predicted molar refractivity (Wildman–Crippen MR) is 93.9 cm³/mol. The minimum Gasteiger partial charge on any atom is -0.372 e. The summed E-state index contributed by atoms with van der Waals surface area (Å²) in [6.07, 6.45) is 8.25. The molecular weight excluding hydrogens is 356 g/mol. The van der Waals surface area contributed by atoms with Crippen LogP contribution in [-0.4, -0.2) is 64.1 Å². The maximum Gasteiger partial charge on any atom is 0.262 e. The van der Waals surface area contributed by atoms with Gasteiger partial charge in [0.2, 0.25) is 5.95 Å². The minimum absolute atomic E-state index is 0.0931. The van der Waals surface area contributed by atoms with Crippen molar-refractivity contribution in [1.82, 2.24) is 23.8 Å². The van der Waals surface area contributed by atoms with E-state index in [1.165, 1.54) is 16.8 Å². The SMILES string of the molecule is Cn1cnc(S(=O)(=O)N2CC3(CC[C@H](CNc4ncccn4)CO3)C2)c1. The second-order valence-corrected chi connectivity index (χ2v) is 8.89. The summed E-state index contributed by atoms with van der Waals surface area (Å²) in [7, 11) is -1.77. The molecule has 2 saturated heterocycles. The van der Waals surface area contributed by atoms with Gasteiger partial charge in [-0.05, 0) is 24.8 Å². The number of nitrogens with zero attached hydrogens (tertiary/aromatic N) is 5. The van der Waals surface area contributed by atoms with Gasteiger partial charge in [-0.15, -0.1) is 0 Å². The monoisotopic (exact) mass is 378 g/mol. The van der Waals surface area contributed by atoms with E-state index in [-0.39, 0.29) is 10.6 Å². The number of nitrogens with one attached hydrogen (secondary N) is 1. The van der Waals surface area contributed by atoms with E-state index in [9.17, 15) is 8.42 Å². The Morgan fingerprint density at radius 1 is 1.31 bits per heavy atom. The molecule has 2 aromatic rings. The predicted octanol–water partition coefficient (Wildman–Crippen LogP) is 0.492. The molecule has 0 amide bonds. The number of aryl methyl sites for hydroxylation is 1. The highest BCUT2D eigenvalue weighted by Crippen LogP contribution is 2.38. The third-order valence-corrected chi connectivity index (χ3v) is 6.64. The van der Waals surface area contributed by atoms with Gasteiger partial charge >= 0.3 is 0 Å². The molecule has 26 heavy (non-hydrogen) atoms. The van der Waals surface area contributed by atoms with Crippen molar-refractivity contribution < 1.29 is 13.2 Å². The fourth-order valence-corrected chi connectivity index (χ4v) is 4.93. The van der Waals surface area contributed by atoms with E-state index < -0.39 is 10.0 Å². The number of aromatic nitrogens is 4. The van der Waals surface area contributed by atoms with Gasteiger partial charge in [0.25, 0.3) is 10.0 Å². The molecule has 2 aromatic heterocycles. The van der Waals surface area contributed by atoms with Crippen LogP contribution in [0.3, 0.4) is 0 Å². The average Bonchev–Trinajstić information content (AvgIpc) is 3.06. The van der Waals surface area contributed by atoms with Crippen LogP contribution in [0.5, 0.6) is 0 Å². The summed E-state index contributed by atoms with van der Waals surface area (Å²) in [5, 5.41) is 3.31. The lowest BCUT2D eigenvalue weighted by Crippen LogP contribution is -2.66. The summed E-state index contributed by atoms with van der Waals surface area (Å²) >= 11 is 0. The van der Waals surface area contributed by atoms with Gasteiger partial charge in [-0.2, -0.15) is 4.31 Å². The maximum atomic E-state index is 12.5. The molecular formula is C16H22N6O3S. The summed E-state index contributed by atoms with van der Waals surface area (Å²) in [5.74, 6) is 0.981. The van der Waals surface area contributed by atoms with Gasteiger partial charge in [-0.3, -0.25) is 0 Å². The molecule has 0 aliphatic carbocycles. The third-order valence-electron chi connectivity index (χ3n) is 4.96. The quantitative estimate of drug-likeness (QED) is 0.808. The van der Waals surface area contributed by atoms with Crippen LogP contribution in [-0.2, 0) is 21.8 Å². The smallest absolute Gasteiger partial charge is 0.262 e. The van der Waals surface area contributed by atoms with Gasteiger partial charge in [0.1, 0.15) is 0 Å². The highest BCUT2D eigenvalue weighted by atomic mass is 32.2. The van der Waals surface area contributed by atoms with Crippen LogP contribution in [0.1, 0.15) is 12.8 Å². The van der Waals surface area contributed by atoms with Gasteiger partial charge in [-0.25, -0.2) is 23.4 Å². The van der Waals surface area contributed by atoms with E-state index in [2.05, 4.69) is 20.3 Å². The first-order valence-corrected chi connectivity index (χ1v) is 10.0. The van der Waals surface area contributed by atoms with Crippen LogP contribution in [0.15, 0.2) is 36.0 Å². The van der Waals surface area contributed by atoms with Crippen molar-refractivity contribution in [2.75, 3.05) is 31.6 Å². The third kappa shape index (κ3) is 3.31. The fraction of sp³-hybridized carbons (Fsp3) is 0.562. The molecule has 2 aliphatic rings. The molecule has 4 heterocycles. The molecule has 1 atom stereocenters. The van der Waals surface area contributed by atoms with Crippen molar-refractivity contribution in [1.29, 1.82) is 0 Å². The summed E-state index contributed by atoms with van der Waals surface area (Å²) < 4.78 is 34.2. The van der Waals surface area contributed by atoms with Gasteiger partial charge in [0.05, 0.1) is 18.5 Å². The zero-order valence-electron chi connectivity index (χ0n) is 14.6. The molecule has 0 saturated carbocycles. The standard InChI is InChI=1S/C16H22N6O3S/c1-21-8-14(20-12-21)26(23,24)22-10-16(11-22)4-3-13(9-25-16)7-19-15-17-5-2-6-18-15/h2,5-6,8,12-13H,3-4,7,9-11H2,1H3,(H,17,18,19)/t13-/m1/s1. The van der Waals surface area contributed by atoms with Gasteiger partial charge in [0.15, 0.2) is 5.03 Å². The first-order chi connectivity index (χ1) is 12.5. The number of hydrogen-bond donors (Lipinski definition) is 1. The lowest BCUT2D eigenvalue weighted by atomic mass is 9.84. The topological polar surface area (TPSA) is 102 Å². The lowest BCUT2D eigenvalue weighted by Gasteiger charge is -2.51. The largest absolute Gasteiger partial charge is 0.372 e. The van der Waals surface area contributed by atoms with E-state index in [4.69, 9.17) is 4.74 Å². The van der Waals surface area contributed by atoms with Crippen molar-refractivity contribution in [3.8, 4) is 0 Å². The first-order valence-electron chi connectivity index (χ1n) is 8.60. The van der Waals surface area contributed by atoms with Crippen molar-refractivity contribution in [2.24, 2.45) is 13.0 Å². The lowest BCUT2D eigenvalue weighted by molar-refractivity contribution is -0.155. The van der Waals surface area contributed by atoms with Crippen molar-refractivity contribution >= 4 is 16.0 Å². The summed E-state index contributed by atoms with van der Waals surface area (Å²) in [6, 6.07) is 1.78. The Hall–Kier alpha value is -2.04. The number of anilines is 1. The molecule has 0 bridgehead atoms. The Bertz CT molecular complexity index is 853. The van der Waals surface area contributed by atoms with Crippen LogP contribution in [0.4, 0.5) is 5.95 Å². The van der Waals surface area contributed by atoms with E-state index in [1.807, 2.05) is 0 Å². The van der Waals surface area contributed by atoms with E-state index in [0.717, 1.165) is 19.4 Å². The Labute approximate surface area is 152 Å². The molecule has 0 radical (unpaired) electrons. The molecule has 10 heteroatoms. The number of sulfonamides is 1. The van der Waals surface area contributed by atoms with E-state index in [1.54, 1.807) is 30.1 Å². The van der Waals surface area contributed by atoms with Crippen molar-refractivity contribution in [3.05, 3.63) is 31.0 Å². The Balaban J connectivity index is 1.28. The molecule has 9 nitrogen and oxygen atoms in total.